The number of carbonyl (C=O) groups excluding carboxylic acids is 1. The molecule has 1 unspecified atom stereocenters. The lowest BCUT2D eigenvalue weighted by molar-refractivity contribution is -0.136. The average molecular weight is 305 g/mol. The molecular weight excluding hydrogens is 290 g/mol. The van der Waals surface area contributed by atoms with Gasteiger partial charge < -0.3 is 15.0 Å². The Labute approximate surface area is 133 Å². The van der Waals surface area contributed by atoms with Gasteiger partial charge in [0, 0.05) is 28.9 Å². The van der Waals surface area contributed by atoms with Crippen LogP contribution in [0, 0.1) is 0 Å². The molecule has 0 radical (unpaired) electrons. The SMILES string of the molecule is COC(=O)C1=Cc2c([nH]c3ccccc23)C(c2cccnc2)N1. The van der Waals surface area contributed by atoms with Gasteiger partial charge in [0.05, 0.1) is 18.8 Å². The monoisotopic (exact) mass is 305 g/mol. The third kappa shape index (κ3) is 2.17. The largest absolute Gasteiger partial charge is 0.464 e. The first-order valence-electron chi connectivity index (χ1n) is 7.35. The molecule has 2 aromatic heterocycles. The molecule has 0 saturated carbocycles. The minimum Gasteiger partial charge on any atom is -0.464 e. The van der Waals surface area contributed by atoms with E-state index in [2.05, 4.69) is 15.3 Å². The molecule has 23 heavy (non-hydrogen) atoms. The van der Waals surface area contributed by atoms with Gasteiger partial charge in [0.15, 0.2) is 0 Å². The fourth-order valence-electron chi connectivity index (χ4n) is 3.01. The average Bonchev–Trinajstić information content (AvgIpc) is 2.99. The van der Waals surface area contributed by atoms with Crippen LogP contribution >= 0.6 is 0 Å². The van der Waals surface area contributed by atoms with Crippen molar-refractivity contribution in [1.29, 1.82) is 0 Å². The summed E-state index contributed by atoms with van der Waals surface area (Å²) in [5.74, 6) is -0.380. The van der Waals surface area contributed by atoms with Crippen LogP contribution < -0.4 is 5.32 Å². The number of fused-ring (bicyclic) bond motifs is 3. The third-order valence-electron chi connectivity index (χ3n) is 4.08. The highest BCUT2D eigenvalue weighted by atomic mass is 16.5. The lowest BCUT2D eigenvalue weighted by Crippen LogP contribution is -2.30. The van der Waals surface area contributed by atoms with Crippen molar-refractivity contribution < 1.29 is 9.53 Å². The highest BCUT2D eigenvalue weighted by Gasteiger charge is 2.28. The number of ether oxygens (including phenoxy) is 1. The van der Waals surface area contributed by atoms with Crippen molar-refractivity contribution in [3.05, 3.63) is 71.3 Å². The molecule has 0 aliphatic carbocycles. The first kappa shape index (κ1) is 13.6. The quantitative estimate of drug-likeness (QED) is 0.714. The number of pyridine rings is 1. The number of rotatable bonds is 2. The summed E-state index contributed by atoms with van der Waals surface area (Å²) in [6, 6.07) is 11.7. The summed E-state index contributed by atoms with van der Waals surface area (Å²) in [7, 11) is 1.38. The molecule has 1 aliphatic heterocycles. The standard InChI is InChI=1S/C18H15N3O2/c1-23-18(22)15-9-13-12-6-2-3-7-14(12)20-17(13)16(21-15)11-5-4-8-19-10-11/h2-10,16,20-21H,1H3. The maximum atomic E-state index is 12.0. The number of methoxy groups -OCH3 is 1. The topological polar surface area (TPSA) is 67.0 Å². The lowest BCUT2D eigenvalue weighted by atomic mass is 9.96. The lowest BCUT2D eigenvalue weighted by Gasteiger charge is -2.25. The molecule has 1 aliphatic rings. The van der Waals surface area contributed by atoms with E-state index < -0.39 is 0 Å². The van der Waals surface area contributed by atoms with Crippen LogP contribution in [0.5, 0.6) is 0 Å². The van der Waals surface area contributed by atoms with Gasteiger partial charge >= 0.3 is 5.97 Å². The molecule has 4 rings (SSSR count). The molecule has 3 aromatic rings. The van der Waals surface area contributed by atoms with E-state index in [1.165, 1.54) is 7.11 Å². The van der Waals surface area contributed by atoms with E-state index in [1.54, 1.807) is 12.4 Å². The first-order chi connectivity index (χ1) is 11.3. The number of nitrogens with one attached hydrogen (secondary N) is 2. The number of esters is 1. The molecule has 0 saturated heterocycles. The van der Waals surface area contributed by atoms with Crippen LogP contribution in [0.25, 0.3) is 17.0 Å². The number of carbonyl (C=O) groups is 1. The van der Waals surface area contributed by atoms with Crippen LogP contribution in [0.4, 0.5) is 0 Å². The Kier molecular flexibility index (Phi) is 3.12. The second kappa shape index (κ2) is 5.28. The predicted molar refractivity (Wildman–Crippen MR) is 87.5 cm³/mol. The summed E-state index contributed by atoms with van der Waals surface area (Å²) in [4.78, 5) is 19.7. The summed E-state index contributed by atoms with van der Waals surface area (Å²) >= 11 is 0. The number of hydrogen-bond acceptors (Lipinski definition) is 4. The van der Waals surface area contributed by atoms with Crippen LogP contribution in [0.3, 0.4) is 0 Å². The molecular formula is C18H15N3O2. The second-order valence-corrected chi connectivity index (χ2v) is 5.41. The molecule has 0 bridgehead atoms. The normalized spacial score (nSPS) is 16.4. The highest BCUT2D eigenvalue weighted by Crippen LogP contribution is 2.35. The Morgan fingerprint density at radius 3 is 2.87 bits per heavy atom. The minimum atomic E-state index is -0.380. The van der Waals surface area contributed by atoms with Gasteiger partial charge in [-0.2, -0.15) is 0 Å². The van der Waals surface area contributed by atoms with E-state index in [1.807, 2.05) is 42.5 Å². The molecule has 5 nitrogen and oxygen atoms in total. The van der Waals surface area contributed by atoms with Gasteiger partial charge in [-0.15, -0.1) is 0 Å². The van der Waals surface area contributed by atoms with E-state index in [9.17, 15) is 4.79 Å². The molecule has 0 spiro atoms. The fourth-order valence-corrected chi connectivity index (χ4v) is 3.01. The van der Waals surface area contributed by atoms with Crippen molar-refractivity contribution in [1.82, 2.24) is 15.3 Å². The first-order valence-corrected chi connectivity index (χ1v) is 7.35. The Bertz CT molecular complexity index is 912. The van der Waals surface area contributed by atoms with Crippen LogP contribution in [-0.2, 0) is 9.53 Å². The number of H-pyrrole nitrogens is 1. The van der Waals surface area contributed by atoms with E-state index in [4.69, 9.17) is 4.74 Å². The van der Waals surface area contributed by atoms with Crippen LogP contribution in [0.1, 0.15) is 22.9 Å². The van der Waals surface area contributed by atoms with Gasteiger partial charge in [-0.25, -0.2) is 4.79 Å². The van der Waals surface area contributed by atoms with E-state index in [-0.39, 0.29) is 12.0 Å². The third-order valence-corrected chi connectivity index (χ3v) is 4.08. The van der Waals surface area contributed by atoms with Gasteiger partial charge in [-0.1, -0.05) is 24.3 Å². The van der Waals surface area contributed by atoms with E-state index in [0.29, 0.717) is 5.70 Å². The molecule has 0 fully saturated rings. The Balaban J connectivity index is 1.94. The number of aromatic nitrogens is 2. The molecule has 5 heteroatoms. The Morgan fingerprint density at radius 1 is 1.22 bits per heavy atom. The smallest absolute Gasteiger partial charge is 0.354 e. The van der Waals surface area contributed by atoms with Crippen molar-refractivity contribution in [3.63, 3.8) is 0 Å². The molecule has 114 valence electrons. The Morgan fingerprint density at radius 2 is 2.09 bits per heavy atom. The summed E-state index contributed by atoms with van der Waals surface area (Å²) in [6.45, 7) is 0. The minimum absolute atomic E-state index is 0.176. The van der Waals surface area contributed by atoms with Crippen molar-refractivity contribution in [2.45, 2.75) is 6.04 Å². The predicted octanol–water partition coefficient (Wildman–Crippen LogP) is 2.77. The molecule has 2 N–H and O–H groups in total. The van der Waals surface area contributed by atoms with E-state index >= 15 is 0 Å². The summed E-state index contributed by atoms with van der Waals surface area (Å²) in [5, 5.41) is 4.34. The van der Waals surface area contributed by atoms with Crippen molar-refractivity contribution >= 4 is 22.9 Å². The van der Waals surface area contributed by atoms with Crippen LogP contribution in [0.2, 0.25) is 0 Å². The number of hydrogen-bond donors (Lipinski definition) is 2. The number of para-hydroxylation sites is 1. The zero-order valence-corrected chi connectivity index (χ0v) is 12.5. The van der Waals surface area contributed by atoms with Crippen molar-refractivity contribution in [2.24, 2.45) is 0 Å². The number of aromatic amines is 1. The van der Waals surface area contributed by atoms with Crippen molar-refractivity contribution in [3.8, 4) is 0 Å². The summed E-state index contributed by atoms with van der Waals surface area (Å²) in [6.07, 6.45) is 5.37. The van der Waals surface area contributed by atoms with Gasteiger partial charge in [0.1, 0.15) is 5.70 Å². The molecule has 0 amide bonds. The maximum Gasteiger partial charge on any atom is 0.354 e. The van der Waals surface area contributed by atoms with Crippen LogP contribution in [-0.4, -0.2) is 23.0 Å². The van der Waals surface area contributed by atoms with Crippen LogP contribution in [0.15, 0.2) is 54.5 Å². The molecule has 3 heterocycles. The van der Waals surface area contributed by atoms with Gasteiger partial charge in [-0.3, -0.25) is 4.98 Å². The van der Waals surface area contributed by atoms with E-state index in [0.717, 1.165) is 27.7 Å². The fraction of sp³-hybridized carbons (Fsp3) is 0.111. The second-order valence-electron chi connectivity index (χ2n) is 5.41. The Hall–Kier alpha value is -3.08. The molecule has 1 aromatic carbocycles. The highest BCUT2D eigenvalue weighted by molar-refractivity contribution is 5.99. The summed E-state index contributed by atoms with van der Waals surface area (Å²) in [5.41, 5.74) is 4.49. The summed E-state index contributed by atoms with van der Waals surface area (Å²) < 4.78 is 4.88. The van der Waals surface area contributed by atoms with Gasteiger partial charge in [0.2, 0.25) is 0 Å². The maximum absolute atomic E-state index is 12.0. The number of benzene rings is 1. The van der Waals surface area contributed by atoms with Gasteiger partial charge in [0.25, 0.3) is 0 Å². The molecule has 1 atom stereocenters. The zero-order valence-electron chi connectivity index (χ0n) is 12.5. The van der Waals surface area contributed by atoms with Crippen molar-refractivity contribution in [2.75, 3.05) is 7.11 Å². The van der Waals surface area contributed by atoms with Gasteiger partial charge in [-0.05, 0) is 23.8 Å². The zero-order chi connectivity index (χ0) is 15.8. The number of nitrogens with zero attached hydrogens (tertiary/aromatic N) is 1.